The van der Waals surface area contributed by atoms with Crippen molar-refractivity contribution in [2.45, 2.75) is 24.3 Å². The highest BCUT2D eigenvalue weighted by atomic mass is 32.2. The Hall–Kier alpha value is -1.44. The summed E-state index contributed by atoms with van der Waals surface area (Å²) in [5.41, 5.74) is 5.74. The predicted molar refractivity (Wildman–Crippen MR) is 80.0 cm³/mol. The van der Waals surface area contributed by atoms with Crippen molar-refractivity contribution < 1.29 is 13.2 Å². The molecule has 2 N–H and O–H groups in total. The van der Waals surface area contributed by atoms with Gasteiger partial charge >= 0.3 is 0 Å². The minimum absolute atomic E-state index is 0.103. The van der Waals surface area contributed by atoms with Crippen LogP contribution in [0.4, 0.5) is 0 Å². The quantitative estimate of drug-likeness (QED) is 0.864. The third kappa shape index (κ3) is 3.42. The zero-order valence-corrected chi connectivity index (χ0v) is 12.9. The lowest BCUT2D eigenvalue weighted by atomic mass is 10.2. The smallest absolute Gasteiger partial charge is 0.243 e. The van der Waals surface area contributed by atoms with Crippen LogP contribution in [0.2, 0.25) is 0 Å². The maximum atomic E-state index is 12.5. The van der Waals surface area contributed by atoms with Crippen molar-refractivity contribution >= 4 is 15.9 Å². The zero-order chi connectivity index (χ0) is 15.5. The van der Waals surface area contributed by atoms with Crippen LogP contribution in [0.15, 0.2) is 35.2 Å². The molecule has 1 saturated heterocycles. The Morgan fingerprint density at radius 3 is 2.29 bits per heavy atom. The summed E-state index contributed by atoms with van der Waals surface area (Å²) in [5.74, 6) is -0.103. The van der Waals surface area contributed by atoms with Crippen LogP contribution in [-0.2, 0) is 14.8 Å². The highest BCUT2D eigenvalue weighted by Crippen LogP contribution is 2.17. The van der Waals surface area contributed by atoms with Gasteiger partial charge in [-0.3, -0.25) is 4.79 Å². The van der Waals surface area contributed by atoms with Crippen LogP contribution in [0.1, 0.15) is 13.3 Å². The molecule has 0 saturated carbocycles. The maximum Gasteiger partial charge on any atom is 0.243 e. The number of nitrogens with two attached hydrogens (primary N) is 1. The average molecular weight is 311 g/mol. The normalized spacial score (nSPS) is 18.5. The summed E-state index contributed by atoms with van der Waals surface area (Å²) in [6.45, 7) is 3.24. The Balaban J connectivity index is 2.03. The van der Waals surface area contributed by atoms with Crippen LogP contribution in [0, 0.1) is 0 Å². The van der Waals surface area contributed by atoms with Gasteiger partial charge in [0.15, 0.2) is 0 Å². The molecule has 116 valence electrons. The number of piperazine rings is 1. The minimum Gasteiger partial charge on any atom is -0.339 e. The summed E-state index contributed by atoms with van der Waals surface area (Å²) in [4.78, 5) is 13.9. The van der Waals surface area contributed by atoms with Crippen molar-refractivity contribution in [3.8, 4) is 0 Å². The highest BCUT2D eigenvalue weighted by Gasteiger charge is 2.31. The van der Waals surface area contributed by atoms with E-state index in [1.165, 1.54) is 4.31 Å². The number of hydrogen-bond donors (Lipinski definition) is 1. The van der Waals surface area contributed by atoms with Crippen LogP contribution in [-0.4, -0.2) is 55.8 Å². The van der Waals surface area contributed by atoms with Crippen molar-refractivity contribution in [1.29, 1.82) is 0 Å². The number of nitrogens with zero attached hydrogens (tertiary/aromatic N) is 2. The first-order valence-electron chi connectivity index (χ1n) is 7.06. The van der Waals surface area contributed by atoms with Gasteiger partial charge in [0.2, 0.25) is 15.9 Å². The molecule has 1 aromatic carbocycles. The first-order chi connectivity index (χ1) is 9.96. The van der Waals surface area contributed by atoms with Gasteiger partial charge in [0, 0.05) is 26.2 Å². The molecule has 1 aromatic rings. The van der Waals surface area contributed by atoms with E-state index in [1.54, 1.807) is 35.2 Å². The lowest BCUT2D eigenvalue weighted by molar-refractivity contribution is -0.133. The number of hydrogen-bond acceptors (Lipinski definition) is 4. The first kappa shape index (κ1) is 15.9. The highest BCUT2D eigenvalue weighted by molar-refractivity contribution is 7.89. The van der Waals surface area contributed by atoms with E-state index in [2.05, 4.69) is 0 Å². The van der Waals surface area contributed by atoms with Crippen molar-refractivity contribution in [2.75, 3.05) is 26.2 Å². The SMILES string of the molecule is CC[C@@H](N)C(=O)N1CCN(S(=O)(=O)c2ccccc2)CC1. The van der Waals surface area contributed by atoms with E-state index < -0.39 is 16.1 Å². The van der Waals surface area contributed by atoms with E-state index in [9.17, 15) is 13.2 Å². The van der Waals surface area contributed by atoms with Gasteiger partial charge in [0.25, 0.3) is 0 Å². The summed E-state index contributed by atoms with van der Waals surface area (Å²) in [6, 6.07) is 7.85. The van der Waals surface area contributed by atoms with E-state index in [0.29, 0.717) is 32.6 Å². The lowest BCUT2D eigenvalue weighted by Crippen LogP contribution is -2.54. The molecule has 2 rings (SSSR count). The molecule has 0 radical (unpaired) electrons. The molecule has 1 fully saturated rings. The van der Waals surface area contributed by atoms with Gasteiger partial charge < -0.3 is 10.6 Å². The average Bonchev–Trinajstić information content (AvgIpc) is 2.54. The Morgan fingerprint density at radius 2 is 1.76 bits per heavy atom. The van der Waals surface area contributed by atoms with Gasteiger partial charge in [-0.15, -0.1) is 0 Å². The number of carbonyl (C=O) groups is 1. The Labute approximate surface area is 125 Å². The third-order valence-electron chi connectivity index (χ3n) is 3.69. The zero-order valence-electron chi connectivity index (χ0n) is 12.1. The van der Waals surface area contributed by atoms with Crippen LogP contribution in [0.25, 0.3) is 0 Å². The summed E-state index contributed by atoms with van der Waals surface area (Å²) in [5, 5.41) is 0. The van der Waals surface area contributed by atoms with E-state index in [4.69, 9.17) is 5.73 Å². The predicted octanol–water partition coefficient (Wildman–Crippen LogP) is 0.257. The maximum absolute atomic E-state index is 12.5. The monoisotopic (exact) mass is 311 g/mol. The number of sulfonamides is 1. The standard InChI is InChI=1S/C14H21N3O3S/c1-2-13(15)14(18)16-8-10-17(11-9-16)21(19,20)12-6-4-3-5-7-12/h3-7,13H,2,8-11,15H2,1H3/t13-/m1/s1. The molecule has 1 aliphatic rings. The van der Waals surface area contributed by atoms with Gasteiger partial charge in [0.05, 0.1) is 10.9 Å². The second kappa shape index (κ2) is 6.55. The van der Waals surface area contributed by atoms with Gasteiger partial charge in [-0.1, -0.05) is 25.1 Å². The fourth-order valence-corrected chi connectivity index (χ4v) is 3.74. The number of amides is 1. The third-order valence-corrected chi connectivity index (χ3v) is 5.60. The van der Waals surface area contributed by atoms with E-state index in [0.717, 1.165) is 0 Å². The molecule has 0 spiro atoms. The molecule has 1 amide bonds. The Morgan fingerprint density at radius 1 is 1.19 bits per heavy atom. The number of rotatable bonds is 4. The molecular weight excluding hydrogens is 290 g/mol. The van der Waals surface area contributed by atoms with Crippen LogP contribution < -0.4 is 5.73 Å². The molecule has 0 aromatic heterocycles. The lowest BCUT2D eigenvalue weighted by Gasteiger charge is -2.35. The van der Waals surface area contributed by atoms with Gasteiger partial charge in [0.1, 0.15) is 0 Å². The van der Waals surface area contributed by atoms with Gasteiger partial charge in [-0.05, 0) is 18.6 Å². The molecule has 0 unspecified atom stereocenters. The fourth-order valence-electron chi connectivity index (χ4n) is 2.30. The second-order valence-electron chi connectivity index (χ2n) is 5.06. The van der Waals surface area contributed by atoms with Gasteiger partial charge in [-0.25, -0.2) is 8.42 Å². The molecule has 0 aliphatic carbocycles. The second-order valence-corrected chi connectivity index (χ2v) is 7.00. The molecular formula is C14H21N3O3S. The molecule has 1 heterocycles. The molecule has 7 heteroatoms. The fraction of sp³-hybridized carbons (Fsp3) is 0.500. The molecule has 1 aliphatic heterocycles. The van der Waals surface area contributed by atoms with E-state index >= 15 is 0 Å². The Kier molecular flexibility index (Phi) is 4.97. The van der Waals surface area contributed by atoms with Crippen LogP contribution in [0.3, 0.4) is 0 Å². The summed E-state index contributed by atoms with van der Waals surface area (Å²) in [6.07, 6.45) is 0.585. The largest absolute Gasteiger partial charge is 0.339 e. The first-order valence-corrected chi connectivity index (χ1v) is 8.50. The molecule has 6 nitrogen and oxygen atoms in total. The summed E-state index contributed by atoms with van der Waals surface area (Å²) < 4.78 is 26.3. The van der Waals surface area contributed by atoms with Crippen molar-refractivity contribution in [3.63, 3.8) is 0 Å². The topological polar surface area (TPSA) is 83.7 Å². The summed E-state index contributed by atoms with van der Waals surface area (Å²) >= 11 is 0. The molecule has 1 atom stereocenters. The van der Waals surface area contributed by atoms with Crippen LogP contribution >= 0.6 is 0 Å². The summed E-state index contributed by atoms with van der Waals surface area (Å²) in [7, 11) is -3.47. The van der Waals surface area contributed by atoms with Crippen molar-refractivity contribution in [1.82, 2.24) is 9.21 Å². The number of carbonyl (C=O) groups excluding carboxylic acids is 1. The minimum atomic E-state index is -3.47. The van der Waals surface area contributed by atoms with Gasteiger partial charge in [-0.2, -0.15) is 4.31 Å². The Bertz CT molecular complexity index is 581. The molecule has 21 heavy (non-hydrogen) atoms. The number of benzene rings is 1. The molecule has 0 bridgehead atoms. The van der Waals surface area contributed by atoms with Crippen LogP contribution in [0.5, 0.6) is 0 Å². The van der Waals surface area contributed by atoms with Crippen molar-refractivity contribution in [2.24, 2.45) is 5.73 Å². The van der Waals surface area contributed by atoms with E-state index in [-0.39, 0.29) is 10.8 Å². The van der Waals surface area contributed by atoms with E-state index in [1.807, 2.05) is 6.92 Å². The van der Waals surface area contributed by atoms with Crippen molar-refractivity contribution in [3.05, 3.63) is 30.3 Å².